The summed E-state index contributed by atoms with van der Waals surface area (Å²) in [4.78, 5) is 25.8. The van der Waals surface area contributed by atoms with Crippen LogP contribution in [0.2, 0.25) is 0 Å². The number of carbonyl (C=O) groups excluding carboxylic acids is 2. The summed E-state index contributed by atoms with van der Waals surface area (Å²) in [5, 5.41) is 3.02. The van der Waals surface area contributed by atoms with Crippen LogP contribution < -0.4 is 10.1 Å². The summed E-state index contributed by atoms with van der Waals surface area (Å²) in [6, 6.07) is 5.45. The average molecular weight is 365 g/mol. The number of benzene rings is 1. The molecule has 0 aromatic heterocycles. The number of esters is 1. The van der Waals surface area contributed by atoms with Crippen molar-refractivity contribution in [3.63, 3.8) is 0 Å². The van der Waals surface area contributed by atoms with Crippen LogP contribution in [-0.4, -0.2) is 37.4 Å². The lowest BCUT2D eigenvalue weighted by Crippen LogP contribution is -2.46. The van der Waals surface area contributed by atoms with Gasteiger partial charge >= 0.3 is 5.97 Å². The van der Waals surface area contributed by atoms with Gasteiger partial charge in [0.05, 0.1) is 7.11 Å². The van der Waals surface area contributed by atoms with E-state index >= 15 is 0 Å². The average Bonchev–Trinajstić information content (AvgIpc) is 2.62. The van der Waals surface area contributed by atoms with Gasteiger partial charge in [-0.2, -0.15) is 0 Å². The van der Waals surface area contributed by atoms with E-state index in [0.717, 1.165) is 24.2 Å². The number of rotatable bonds is 6. The highest BCUT2D eigenvalue weighted by Gasteiger charge is 2.27. The molecule has 25 heavy (non-hydrogen) atoms. The van der Waals surface area contributed by atoms with Gasteiger partial charge < -0.3 is 14.8 Å². The van der Waals surface area contributed by atoms with E-state index in [1.54, 1.807) is 30.8 Å². The molecule has 6 heteroatoms. The Morgan fingerprint density at radius 1 is 1.28 bits per heavy atom. The summed E-state index contributed by atoms with van der Waals surface area (Å²) in [6.07, 6.45) is 5.56. The molecule has 1 saturated carbocycles. The number of amides is 1. The van der Waals surface area contributed by atoms with Crippen molar-refractivity contribution in [3.05, 3.63) is 23.8 Å². The van der Waals surface area contributed by atoms with Crippen LogP contribution >= 0.6 is 11.8 Å². The minimum Gasteiger partial charge on any atom is -0.496 e. The van der Waals surface area contributed by atoms with Gasteiger partial charge in [-0.15, -0.1) is 11.8 Å². The summed E-state index contributed by atoms with van der Waals surface area (Å²) in [5.41, 5.74) is 0.325. The summed E-state index contributed by atoms with van der Waals surface area (Å²) >= 11 is 1.56. The SMILES string of the molecule is COc1cc(SC)ccc1C(=O)O[C@H](C)C(=O)N[C@@H]1CCCC[C@@H]1C. The Morgan fingerprint density at radius 3 is 2.64 bits per heavy atom. The van der Waals surface area contributed by atoms with Gasteiger partial charge in [0, 0.05) is 10.9 Å². The van der Waals surface area contributed by atoms with Crippen molar-refractivity contribution in [3.8, 4) is 5.75 Å². The molecule has 0 heterocycles. The Hall–Kier alpha value is -1.69. The molecular weight excluding hydrogens is 338 g/mol. The maximum Gasteiger partial charge on any atom is 0.342 e. The van der Waals surface area contributed by atoms with E-state index in [0.29, 0.717) is 17.2 Å². The van der Waals surface area contributed by atoms with E-state index in [9.17, 15) is 9.59 Å². The number of methoxy groups -OCH3 is 1. The monoisotopic (exact) mass is 365 g/mol. The molecule has 1 N–H and O–H groups in total. The van der Waals surface area contributed by atoms with E-state index in [4.69, 9.17) is 9.47 Å². The molecule has 5 nitrogen and oxygen atoms in total. The van der Waals surface area contributed by atoms with Crippen LogP contribution in [0.5, 0.6) is 5.75 Å². The molecule has 3 atom stereocenters. The van der Waals surface area contributed by atoms with Gasteiger partial charge in [0.1, 0.15) is 11.3 Å². The first-order valence-corrected chi connectivity index (χ1v) is 9.92. The van der Waals surface area contributed by atoms with Crippen LogP contribution in [0.4, 0.5) is 0 Å². The molecule has 0 saturated heterocycles. The standard InChI is InChI=1S/C19H27NO4S/c1-12-7-5-6-8-16(12)20-18(21)13(2)24-19(22)15-10-9-14(25-4)11-17(15)23-3/h9-13,16H,5-8H2,1-4H3,(H,20,21)/t12-,13+,16+/m0/s1. The third-order valence-corrected chi connectivity index (χ3v) is 5.45. The first-order chi connectivity index (χ1) is 12.0. The Balaban J connectivity index is 1.98. The molecule has 1 aliphatic rings. The van der Waals surface area contributed by atoms with Crippen LogP contribution in [0, 0.1) is 5.92 Å². The maximum atomic E-state index is 12.4. The third kappa shape index (κ3) is 5.14. The molecule has 0 radical (unpaired) electrons. The fourth-order valence-corrected chi connectivity index (χ4v) is 3.50. The molecule has 2 rings (SSSR count). The topological polar surface area (TPSA) is 64.6 Å². The van der Waals surface area contributed by atoms with Crippen LogP contribution in [0.3, 0.4) is 0 Å². The molecule has 0 bridgehead atoms. The summed E-state index contributed by atoms with van der Waals surface area (Å²) < 4.78 is 10.6. The van der Waals surface area contributed by atoms with Gasteiger partial charge in [0.25, 0.3) is 5.91 Å². The number of hydrogen-bond acceptors (Lipinski definition) is 5. The highest BCUT2D eigenvalue weighted by atomic mass is 32.2. The molecule has 1 amide bonds. The number of hydrogen-bond donors (Lipinski definition) is 1. The van der Waals surface area contributed by atoms with E-state index in [2.05, 4.69) is 12.2 Å². The molecule has 1 fully saturated rings. The zero-order chi connectivity index (χ0) is 18.4. The Labute approximate surface area is 153 Å². The molecule has 138 valence electrons. The number of nitrogens with one attached hydrogen (secondary N) is 1. The van der Waals surface area contributed by atoms with Crippen LogP contribution in [-0.2, 0) is 9.53 Å². The van der Waals surface area contributed by atoms with E-state index in [1.807, 2.05) is 12.3 Å². The van der Waals surface area contributed by atoms with Crippen molar-refractivity contribution in [1.29, 1.82) is 0 Å². The van der Waals surface area contributed by atoms with Crippen LogP contribution in [0.15, 0.2) is 23.1 Å². The van der Waals surface area contributed by atoms with Crippen molar-refractivity contribution in [2.75, 3.05) is 13.4 Å². The van der Waals surface area contributed by atoms with Gasteiger partial charge in [0.15, 0.2) is 6.10 Å². The summed E-state index contributed by atoms with van der Waals surface area (Å²) in [7, 11) is 1.51. The zero-order valence-electron chi connectivity index (χ0n) is 15.3. The molecule has 1 aromatic rings. The molecule has 0 aliphatic heterocycles. The largest absolute Gasteiger partial charge is 0.496 e. The van der Waals surface area contributed by atoms with Crippen molar-refractivity contribution >= 4 is 23.6 Å². The van der Waals surface area contributed by atoms with Crippen molar-refractivity contribution in [1.82, 2.24) is 5.32 Å². The van der Waals surface area contributed by atoms with E-state index in [-0.39, 0.29) is 11.9 Å². The fraction of sp³-hybridized carbons (Fsp3) is 0.579. The minimum absolute atomic E-state index is 0.165. The summed E-state index contributed by atoms with van der Waals surface area (Å²) in [6.45, 7) is 3.75. The normalized spacial score (nSPS) is 21.3. The minimum atomic E-state index is -0.841. The first kappa shape index (κ1) is 19.6. The lowest BCUT2D eigenvalue weighted by molar-refractivity contribution is -0.130. The number of thioether (sulfide) groups is 1. The molecular formula is C19H27NO4S. The number of ether oxygens (including phenoxy) is 2. The highest BCUT2D eigenvalue weighted by molar-refractivity contribution is 7.98. The Morgan fingerprint density at radius 2 is 2.00 bits per heavy atom. The quantitative estimate of drug-likeness (QED) is 0.616. The van der Waals surface area contributed by atoms with Gasteiger partial charge in [0.2, 0.25) is 0 Å². The van der Waals surface area contributed by atoms with Gasteiger partial charge in [-0.05, 0) is 50.1 Å². The zero-order valence-corrected chi connectivity index (χ0v) is 16.2. The number of carbonyl (C=O) groups is 2. The van der Waals surface area contributed by atoms with Crippen molar-refractivity contribution < 1.29 is 19.1 Å². The summed E-state index contributed by atoms with van der Waals surface area (Å²) in [5.74, 6) is 0.112. The first-order valence-electron chi connectivity index (χ1n) is 8.69. The van der Waals surface area contributed by atoms with Crippen molar-refractivity contribution in [2.45, 2.75) is 56.6 Å². The van der Waals surface area contributed by atoms with Gasteiger partial charge in [-0.25, -0.2) is 4.79 Å². The third-order valence-electron chi connectivity index (χ3n) is 4.72. The predicted octanol–water partition coefficient (Wildman–Crippen LogP) is 3.66. The van der Waals surface area contributed by atoms with E-state index < -0.39 is 12.1 Å². The van der Waals surface area contributed by atoms with E-state index in [1.165, 1.54) is 13.5 Å². The van der Waals surface area contributed by atoms with Crippen LogP contribution in [0.1, 0.15) is 49.9 Å². The highest BCUT2D eigenvalue weighted by Crippen LogP contribution is 2.26. The Bertz CT molecular complexity index is 619. The predicted molar refractivity (Wildman–Crippen MR) is 99.2 cm³/mol. The smallest absolute Gasteiger partial charge is 0.342 e. The van der Waals surface area contributed by atoms with Gasteiger partial charge in [-0.1, -0.05) is 19.8 Å². The molecule has 0 spiro atoms. The molecule has 1 aliphatic carbocycles. The fourth-order valence-electron chi connectivity index (χ4n) is 3.08. The van der Waals surface area contributed by atoms with Crippen LogP contribution in [0.25, 0.3) is 0 Å². The lowest BCUT2D eigenvalue weighted by atomic mass is 9.86. The maximum absolute atomic E-state index is 12.4. The molecule has 0 unspecified atom stereocenters. The molecule has 1 aromatic carbocycles. The van der Waals surface area contributed by atoms with Crippen molar-refractivity contribution in [2.24, 2.45) is 5.92 Å². The second kappa shape index (κ2) is 9.13. The second-order valence-electron chi connectivity index (χ2n) is 6.49. The lowest BCUT2D eigenvalue weighted by Gasteiger charge is -2.30. The van der Waals surface area contributed by atoms with Gasteiger partial charge in [-0.3, -0.25) is 4.79 Å². The second-order valence-corrected chi connectivity index (χ2v) is 7.37. The Kier molecular flexibility index (Phi) is 7.17.